The number of hydrogen-bond donors (Lipinski definition) is 2. The summed E-state index contributed by atoms with van der Waals surface area (Å²) in [5.74, 6) is -2.28. The van der Waals surface area contributed by atoms with E-state index in [1.165, 1.54) is 0 Å². The van der Waals surface area contributed by atoms with Gasteiger partial charge in [0.05, 0.1) is 12.8 Å². The third-order valence-corrected chi connectivity index (χ3v) is 5.31. The van der Waals surface area contributed by atoms with Gasteiger partial charge in [-0.2, -0.15) is 13.2 Å². The monoisotopic (exact) mass is 494 g/mol. The van der Waals surface area contributed by atoms with E-state index in [4.69, 9.17) is 15.0 Å². The van der Waals surface area contributed by atoms with Crippen LogP contribution in [-0.4, -0.2) is 52.6 Å². The number of hydrogen-bond acceptors (Lipinski definition) is 6. The predicted molar refractivity (Wildman–Crippen MR) is 115 cm³/mol. The van der Waals surface area contributed by atoms with E-state index in [9.17, 15) is 32.7 Å². The van der Waals surface area contributed by atoms with Gasteiger partial charge >= 0.3 is 24.2 Å². The summed E-state index contributed by atoms with van der Waals surface area (Å²) < 4.78 is 48.7. The molecule has 1 amide bonds. The summed E-state index contributed by atoms with van der Waals surface area (Å²) in [5.41, 5.74) is 6.74. The number of amides is 1. The third-order valence-electron chi connectivity index (χ3n) is 5.31. The van der Waals surface area contributed by atoms with E-state index < -0.39 is 60.3 Å². The summed E-state index contributed by atoms with van der Waals surface area (Å²) in [7, 11) is 0. The Bertz CT molecular complexity index is 757. The van der Waals surface area contributed by atoms with Crippen LogP contribution in [0.25, 0.3) is 10.4 Å². The largest absolute Gasteiger partial charge is 0.480 e. The molecule has 1 saturated carbocycles. The second-order valence-corrected chi connectivity index (χ2v) is 9.53. The maximum atomic E-state index is 12.7. The Morgan fingerprint density at radius 3 is 2.29 bits per heavy atom. The molecule has 34 heavy (non-hydrogen) atoms. The van der Waals surface area contributed by atoms with Crippen LogP contribution in [0, 0.1) is 0 Å². The van der Waals surface area contributed by atoms with E-state index in [0.29, 0.717) is 12.8 Å². The number of ether oxygens (including phenoxy) is 2. The van der Waals surface area contributed by atoms with E-state index in [-0.39, 0.29) is 19.3 Å². The van der Waals surface area contributed by atoms with Crippen LogP contribution in [0.15, 0.2) is 5.11 Å². The van der Waals surface area contributed by atoms with Gasteiger partial charge in [0.15, 0.2) is 0 Å². The molecule has 1 unspecified atom stereocenters. The standard InChI is InChI=1S/C21H33F3N4O6/c1-19(2,3)34-18(32)26-15(17(30)31)12-16(29)33-20(9-5-4-6-10-20)11-7-8-14(27-28-25)13-21(22,23)24/h14-15H,4-13H2,1-3H3,(H,26,32)(H,30,31)/t14?,15-/m0/s1. The second-order valence-electron chi connectivity index (χ2n) is 9.53. The fourth-order valence-corrected chi connectivity index (χ4v) is 3.90. The average Bonchev–Trinajstić information content (AvgIpc) is 2.65. The van der Waals surface area contributed by atoms with Crippen molar-refractivity contribution in [2.24, 2.45) is 5.11 Å². The Morgan fingerprint density at radius 1 is 1.18 bits per heavy atom. The zero-order valence-electron chi connectivity index (χ0n) is 19.7. The normalized spacial score (nSPS) is 17.6. The number of rotatable bonds is 11. The van der Waals surface area contributed by atoms with Crippen molar-refractivity contribution in [1.82, 2.24) is 5.32 Å². The molecule has 1 aliphatic carbocycles. The zero-order valence-corrected chi connectivity index (χ0v) is 19.7. The van der Waals surface area contributed by atoms with Gasteiger partial charge in [-0.15, -0.1) is 0 Å². The van der Waals surface area contributed by atoms with Crippen LogP contribution >= 0.6 is 0 Å². The van der Waals surface area contributed by atoms with Gasteiger partial charge in [0, 0.05) is 11.0 Å². The van der Waals surface area contributed by atoms with Crippen LogP contribution in [0.1, 0.15) is 85.0 Å². The molecule has 0 spiro atoms. The number of carbonyl (C=O) groups is 3. The lowest BCUT2D eigenvalue weighted by Crippen LogP contribution is -2.46. The molecule has 0 saturated heterocycles. The molecule has 0 radical (unpaired) electrons. The van der Waals surface area contributed by atoms with Gasteiger partial charge in [-0.25, -0.2) is 9.59 Å². The highest BCUT2D eigenvalue weighted by atomic mass is 19.4. The maximum Gasteiger partial charge on any atom is 0.408 e. The molecule has 13 heteroatoms. The molecule has 1 fully saturated rings. The fourth-order valence-electron chi connectivity index (χ4n) is 3.90. The first-order chi connectivity index (χ1) is 15.6. The quantitative estimate of drug-likeness (QED) is 0.170. The molecule has 0 aromatic heterocycles. The number of alkyl carbamates (subject to hydrolysis) is 1. The van der Waals surface area contributed by atoms with Gasteiger partial charge in [-0.05, 0) is 71.2 Å². The van der Waals surface area contributed by atoms with Crippen molar-refractivity contribution in [1.29, 1.82) is 0 Å². The Hall–Kier alpha value is -2.69. The van der Waals surface area contributed by atoms with Gasteiger partial charge in [0.2, 0.25) is 0 Å². The van der Waals surface area contributed by atoms with Crippen molar-refractivity contribution in [2.75, 3.05) is 0 Å². The smallest absolute Gasteiger partial charge is 0.408 e. The predicted octanol–water partition coefficient (Wildman–Crippen LogP) is 5.40. The van der Waals surface area contributed by atoms with Crippen molar-refractivity contribution in [3.05, 3.63) is 10.4 Å². The van der Waals surface area contributed by atoms with Crippen molar-refractivity contribution in [2.45, 2.75) is 114 Å². The molecule has 0 aliphatic heterocycles. The molecule has 2 N–H and O–H groups in total. The molecule has 0 bridgehead atoms. The Balaban J connectivity index is 2.78. The molecular weight excluding hydrogens is 461 g/mol. The average molecular weight is 495 g/mol. The first kappa shape index (κ1) is 29.3. The molecule has 194 valence electrons. The van der Waals surface area contributed by atoms with E-state index in [1.54, 1.807) is 20.8 Å². The molecule has 2 atom stereocenters. The second kappa shape index (κ2) is 12.7. The molecule has 10 nitrogen and oxygen atoms in total. The van der Waals surface area contributed by atoms with Gasteiger partial charge in [-0.1, -0.05) is 11.5 Å². The summed E-state index contributed by atoms with van der Waals surface area (Å²) in [6.07, 6.45) is -3.50. The number of halogens is 3. The number of azide groups is 1. The summed E-state index contributed by atoms with van der Waals surface area (Å²) in [5, 5.41) is 14.7. The first-order valence-electron chi connectivity index (χ1n) is 11.2. The zero-order chi connectivity index (χ0) is 26.0. The molecule has 0 aromatic carbocycles. The van der Waals surface area contributed by atoms with Crippen LogP contribution in [0.3, 0.4) is 0 Å². The molecule has 0 aromatic rings. The van der Waals surface area contributed by atoms with Crippen molar-refractivity contribution < 1.29 is 42.1 Å². The highest BCUT2D eigenvalue weighted by Crippen LogP contribution is 2.37. The highest BCUT2D eigenvalue weighted by Gasteiger charge is 2.38. The lowest BCUT2D eigenvalue weighted by Gasteiger charge is -2.37. The minimum Gasteiger partial charge on any atom is -0.480 e. The van der Waals surface area contributed by atoms with Crippen LogP contribution in [0.5, 0.6) is 0 Å². The van der Waals surface area contributed by atoms with Crippen LogP contribution in [0.2, 0.25) is 0 Å². The van der Waals surface area contributed by atoms with Crippen molar-refractivity contribution in [3.8, 4) is 0 Å². The van der Waals surface area contributed by atoms with Crippen LogP contribution < -0.4 is 5.32 Å². The van der Waals surface area contributed by atoms with Gasteiger partial charge in [0.1, 0.15) is 17.2 Å². The summed E-state index contributed by atoms with van der Waals surface area (Å²) in [6.45, 7) is 4.81. The number of carboxylic acids is 1. The lowest BCUT2D eigenvalue weighted by molar-refractivity contribution is -0.167. The molecule has 1 rings (SSSR count). The number of aliphatic carboxylic acids is 1. The minimum absolute atomic E-state index is 0.0270. The van der Waals surface area contributed by atoms with Gasteiger partial charge < -0.3 is 19.9 Å². The maximum absolute atomic E-state index is 12.7. The topological polar surface area (TPSA) is 151 Å². The van der Waals surface area contributed by atoms with E-state index in [2.05, 4.69) is 15.3 Å². The van der Waals surface area contributed by atoms with Crippen molar-refractivity contribution >= 4 is 18.0 Å². The Labute approximate surface area is 196 Å². The van der Waals surface area contributed by atoms with E-state index in [1.807, 2.05) is 0 Å². The number of alkyl halides is 3. The summed E-state index contributed by atoms with van der Waals surface area (Å²) in [6, 6.07) is -2.82. The number of nitrogens with one attached hydrogen (secondary N) is 1. The summed E-state index contributed by atoms with van der Waals surface area (Å²) in [4.78, 5) is 38.5. The van der Waals surface area contributed by atoms with Crippen LogP contribution in [-0.2, 0) is 19.1 Å². The number of carbonyl (C=O) groups excluding carboxylic acids is 2. The van der Waals surface area contributed by atoms with E-state index >= 15 is 0 Å². The molecule has 0 heterocycles. The Morgan fingerprint density at radius 2 is 1.79 bits per heavy atom. The number of carboxylic acid groups (broad SMARTS) is 1. The number of nitrogens with zero attached hydrogens (tertiary/aromatic N) is 3. The van der Waals surface area contributed by atoms with E-state index in [0.717, 1.165) is 19.3 Å². The lowest BCUT2D eigenvalue weighted by atomic mass is 9.80. The van der Waals surface area contributed by atoms with Gasteiger partial charge in [-0.3, -0.25) is 4.79 Å². The minimum atomic E-state index is -4.47. The van der Waals surface area contributed by atoms with Crippen LogP contribution in [0.4, 0.5) is 18.0 Å². The van der Waals surface area contributed by atoms with Crippen molar-refractivity contribution in [3.63, 3.8) is 0 Å². The van der Waals surface area contributed by atoms with Gasteiger partial charge in [0.25, 0.3) is 0 Å². The first-order valence-corrected chi connectivity index (χ1v) is 11.2. The number of esters is 1. The third kappa shape index (κ3) is 12.0. The SMILES string of the molecule is CC(C)(C)OC(=O)N[C@@H](CC(=O)OC1(CCCC(CC(F)(F)F)N=[N+]=[N-])CCCCC1)C(=O)O. The highest BCUT2D eigenvalue weighted by molar-refractivity contribution is 5.85. The summed E-state index contributed by atoms with van der Waals surface area (Å²) >= 11 is 0. The fraction of sp³-hybridized carbons (Fsp3) is 0.857. The molecule has 1 aliphatic rings. The Kier molecular flexibility index (Phi) is 10.9. The molecular formula is C21H33F3N4O6.